The number of rotatable bonds is 1. The Kier molecular flexibility index (Phi) is 3.60. The lowest BCUT2D eigenvalue weighted by molar-refractivity contribution is 1.25. The average molecular weight is 185 g/mol. The Balaban J connectivity index is 2.94. The minimum atomic E-state index is 0.226. The van der Waals surface area contributed by atoms with E-state index in [-0.39, 0.29) is 6.54 Å². The molecule has 1 aromatic rings. The summed E-state index contributed by atoms with van der Waals surface area (Å²) in [7, 11) is 0. The zero-order valence-electron chi connectivity index (χ0n) is 8.28. The third kappa shape index (κ3) is 2.55. The molecule has 0 fully saturated rings. The van der Waals surface area contributed by atoms with Gasteiger partial charge >= 0.3 is 0 Å². The van der Waals surface area contributed by atoms with E-state index in [2.05, 4.69) is 21.9 Å². The quantitative estimate of drug-likeness (QED) is 0.279. The smallest absolute Gasteiger partial charge is 0.0880 e. The molecular formula is C11H11N3. The highest BCUT2D eigenvalue weighted by Crippen LogP contribution is 2.10. The molecule has 0 bridgehead atoms. The van der Waals surface area contributed by atoms with E-state index in [0.717, 1.165) is 16.7 Å². The van der Waals surface area contributed by atoms with Crippen LogP contribution < -0.4 is 0 Å². The van der Waals surface area contributed by atoms with Gasteiger partial charge in [-0.1, -0.05) is 35.2 Å². The van der Waals surface area contributed by atoms with E-state index in [1.54, 1.807) is 0 Å². The average Bonchev–Trinajstić information content (AvgIpc) is 2.16. The third-order valence-corrected chi connectivity index (χ3v) is 1.91. The molecule has 0 aliphatic heterocycles. The molecule has 1 aromatic carbocycles. The first-order chi connectivity index (χ1) is 6.75. The SMILES string of the molecule is Cc1cccc(C)c1C#CCN=[N+]=[N-]. The molecule has 0 radical (unpaired) electrons. The number of hydrogen-bond donors (Lipinski definition) is 0. The fourth-order valence-corrected chi connectivity index (χ4v) is 1.21. The monoisotopic (exact) mass is 185 g/mol. The normalized spacial score (nSPS) is 8.43. The lowest BCUT2D eigenvalue weighted by Gasteiger charge is -2.00. The second-order valence-corrected chi connectivity index (χ2v) is 2.96. The molecule has 0 heterocycles. The van der Waals surface area contributed by atoms with Crippen LogP contribution in [0.4, 0.5) is 0 Å². The largest absolute Gasteiger partial charge is 0.0919 e. The van der Waals surface area contributed by atoms with Crippen molar-refractivity contribution in [2.75, 3.05) is 6.54 Å². The van der Waals surface area contributed by atoms with Crippen molar-refractivity contribution in [1.82, 2.24) is 0 Å². The van der Waals surface area contributed by atoms with E-state index in [1.807, 2.05) is 32.0 Å². The maximum atomic E-state index is 8.06. The fourth-order valence-electron chi connectivity index (χ4n) is 1.21. The highest BCUT2D eigenvalue weighted by molar-refractivity contribution is 5.46. The molecule has 70 valence electrons. The molecule has 0 aliphatic carbocycles. The minimum absolute atomic E-state index is 0.226. The summed E-state index contributed by atoms with van der Waals surface area (Å²) < 4.78 is 0. The second-order valence-electron chi connectivity index (χ2n) is 2.96. The predicted octanol–water partition coefficient (Wildman–Crippen LogP) is 2.97. The second kappa shape index (κ2) is 4.96. The van der Waals surface area contributed by atoms with Gasteiger partial charge in [-0.05, 0) is 30.5 Å². The van der Waals surface area contributed by atoms with Gasteiger partial charge in [0.15, 0.2) is 0 Å². The summed E-state index contributed by atoms with van der Waals surface area (Å²) in [6.45, 7) is 4.26. The fraction of sp³-hybridized carbons (Fsp3) is 0.273. The van der Waals surface area contributed by atoms with Gasteiger partial charge in [-0.2, -0.15) is 0 Å². The lowest BCUT2D eigenvalue weighted by atomic mass is 10.0. The van der Waals surface area contributed by atoms with Crippen molar-refractivity contribution >= 4 is 0 Å². The molecule has 3 heteroatoms. The van der Waals surface area contributed by atoms with Crippen LogP contribution in [0.25, 0.3) is 10.4 Å². The van der Waals surface area contributed by atoms with Crippen molar-refractivity contribution in [1.29, 1.82) is 0 Å². The van der Waals surface area contributed by atoms with Crippen LogP contribution in [0.2, 0.25) is 0 Å². The Labute approximate surface area is 83.4 Å². The van der Waals surface area contributed by atoms with Gasteiger partial charge in [0, 0.05) is 10.5 Å². The van der Waals surface area contributed by atoms with Gasteiger partial charge < -0.3 is 0 Å². The minimum Gasteiger partial charge on any atom is -0.0919 e. The van der Waals surface area contributed by atoms with Crippen LogP contribution in [0.15, 0.2) is 23.3 Å². The van der Waals surface area contributed by atoms with E-state index >= 15 is 0 Å². The van der Waals surface area contributed by atoms with Crippen LogP contribution in [-0.4, -0.2) is 6.54 Å². The van der Waals surface area contributed by atoms with Crippen LogP contribution in [0.1, 0.15) is 16.7 Å². The van der Waals surface area contributed by atoms with Crippen molar-refractivity contribution in [2.24, 2.45) is 5.11 Å². The van der Waals surface area contributed by atoms with Gasteiger partial charge in [0.25, 0.3) is 0 Å². The molecule has 0 saturated carbocycles. The Morgan fingerprint density at radius 2 is 2.00 bits per heavy atom. The van der Waals surface area contributed by atoms with Crippen molar-refractivity contribution < 1.29 is 0 Å². The maximum Gasteiger partial charge on any atom is 0.0880 e. The molecule has 1 rings (SSSR count). The molecule has 0 atom stereocenters. The molecule has 0 aromatic heterocycles. The Morgan fingerprint density at radius 3 is 2.57 bits per heavy atom. The van der Waals surface area contributed by atoms with Crippen LogP contribution in [0.5, 0.6) is 0 Å². The molecule has 0 amide bonds. The number of aryl methyl sites for hydroxylation is 2. The van der Waals surface area contributed by atoms with Gasteiger partial charge in [-0.3, -0.25) is 0 Å². The zero-order valence-corrected chi connectivity index (χ0v) is 8.28. The van der Waals surface area contributed by atoms with E-state index in [1.165, 1.54) is 0 Å². The van der Waals surface area contributed by atoms with Gasteiger partial charge in [0.1, 0.15) is 0 Å². The molecule has 0 spiro atoms. The summed E-state index contributed by atoms with van der Waals surface area (Å²) in [5, 5.41) is 3.35. The highest BCUT2D eigenvalue weighted by atomic mass is 15.1. The summed E-state index contributed by atoms with van der Waals surface area (Å²) in [5.74, 6) is 5.82. The molecule has 3 nitrogen and oxygen atoms in total. The molecule has 0 N–H and O–H groups in total. The molecular weight excluding hydrogens is 174 g/mol. The molecule has 0 unspecified atom stereocenters. The molecule has 14 heavy (non-hydrogen) atoms. The van der Waals surface area contributed by atoms with Crippen LogP contribution in [-0.2, 0) is 0 Å². The summed E-state index contributed by atoms with van der Waals surface area (Å²) in [5.41, 5.74) is 11.4. The number of nitrogens with zero attached hydrogens (tertiary/aromatic N) is 3. The predicted molar refractivity (Wildman–Crippen MR) is 56.8 cm³/mol. The topological polar surface area (TPSA) is 48.8 Å². The van der Waals surface area contributed by atoms with Crippen molar-refractivity contribution in [2.45, 2.75) is 13.8 Å². The number of azide groups is 1. The third-order valence-electron chi connectivity index (χ3n) is 1.91. The van der Waals surface area contributed by atoms with Gasteiger partial charge in [-0.15, -0.1) is 0 Å². The highest BCUT2D eigenvalue weighted by Gasteiger charge is 1.96. The first-order valence-corrected chi connectivity index (χ1v) is 4.31. The Bertz CT molecular complexity index is 411. The van der Waals surface area contributed by atoms with Crippen LogP contribution >= 0.6 is 0 Å². The van der Waals surface area contributed by atoms with Gasteiger partial charge in [0.2, 0.25) is 0 Å². The van der Waals surface area contributed by atoms with Crippen molar-refractivity contribution in [3.05, 3.63) is 45.3 Å². The first-order valence-electron chi connectivity index (χ1n) is 4.31. The summed E-state index contributed by atoms with van der Waals surface area (Å²) in [6, 6.07) is 6.04. The van der Waals surface area contributed by atoms with E-state index in [9.17, 15) is 0 Å². The Hall–Kier alpha value is -1.91. The summed E-state index contributed by atoms with van der Waals surface area (Å²) >= 11 is 0. The van der Waals surface area contributed by atoms with Gasteiger partial charge in [-0.25, -0.2) is 0 Å². The van der Waals surface area contributed by atoms with Crippen molar-refractivity contribution in [3.8, 4) is 11.8 Å². The standard InChI is InChI=1S/C11H11N3/c1-9-5-3-6-10(2)11(9)7-4-8-13-14-12/h3,5-6H,8H2,1-2H3. The maximum absolute atomic E-state index is 8.06. The van der Waals surface area contributed by atoms with Gasteiger partial charge in [0.05, 0.1) is 6.54 Å². The molecule has 0 saturated heterocycles. The lowest BCUT2D eigenvalue weighted by Crippen LogP contribution is -1.86. The summed E-state index contributed by atoms with van der Waals surface area (Å²) in [6.07, 6.45) is 0. The van der Waals surface area contributed by atoms with E-state index < -0.39 is 0 Å². The molecule has 0 aliphatic rings. The number of hydrogen-bond acceptors (Lipinski definition) is 1. The van der Waals surface area contributed by atoms with Crippen LogP contribution in [0.3, 0.4) is 0 Å². The summed E-state index contributed by atoms with van der Waals surface area (Å²) in [4.78, 5) is 2.63. The zero-order chi connectivity index (χ0) is 10.4. The Morgan fingerprint density at radius 1 is 1.36 bits per heavy atom. The van der Waals surface area contributed by atoms with Crippen molar-refractivity contribution in [3.63, 3.8) is 0 Å². The van der Waals surface area contributed by atoms with Crippen LogP contribution in [0, 0.1) is 25.7 Å². The first kappa shape index (κ1) is 10.2. The van der Waals surface area contributed by atoms with E-state index in [4.69, 9.17) is 5.53 Å². The van der Waals surface area contributed by atoms with E-state index in [0.29, 0.717) is 0 Å². The number of benzene rings is 1.